The number of nitrogens with zero attached hydrogens (tertiary/aromatic N) is 1. The molecule has 2 aromatic carbocycles. The van der Waals surface area contributed by atoms with Crippen molar-refractivity contribution in [1.82, 2.24) is 10.9 Å². The lowest BCUT2D eigenvalue weighted by Gasteiger charge is -2.21. The van der Waals surface area contributed by atoms with Crippen LogP contribution in [0.5, 0.6) is 5.75 Å². The number of amides is 2. The minimum absolute atomic E-state index is 0.295. The van der Waals surface area contributed by atoms with E-state index in [0.717, 1.165) is 18.8 Å². The molecule has 0 saturated carbocycles. The maximum atomic E-state index is 12.2. The van der Waals surface area contributed by atoms with Crippen LogP contribution >= 0.6 is 0 Å². The van der Waals surface area contributed by atoms with Crippen LogP contribution in [-0.4, -0.2) is 44.1 Å². The van der Waals surface area contributed by atoms with E-state index < -0.39 is 24.4 Å². The largest absolute Gasteiger partial charge is 0.494 e. The minimum atomic E-state index is -0.651. The molecule has 2 aromatic rings. The Morgan fingerprint density at radius 1 is 0.833 bits per heavy atom. The smallest absolute Gasteiger partial charge is 0.338 e. The number of ether oxygens (including phenoxy) is 2. The monoisotopic (exact) mass is 413 g/mol. The third kappa shape index (κ3) is 6.51. The third-order valence-electron chi connectivity index (χ3n) is 4.31. The zero-order valence-corrected chi connectivity index (χ0v) is 17.4. The molecule has 0 bridgehead atoms. The Morgan fingerprint density at radius 2 is 1.43 bits per heavy atom. The van der Waals surface area contributed by atoms with Crippen molar-refractivity contribution in [3.8, 4) is 5.75 Å². The van der Waals surface area contributed by atoms with Crippen LogP contribution in [0.4, 0.5) is 5.69 Å². The van der Waals surface area contributed by atoms with Crippen LogP contribution in [0.15, 0.2) is 48.5 Å². The van der Waals surface area contributed by atoms with Crippen molar-refractivity contribution in [3.05, 3.63) is 59.7 Å². The topological polar surface area (TPSA) is 97.0 Å². The molecule has 160 valence electrons. The highest BCUT2D eigenvalue weighted by atomic mass is 16.5. The molecule has 0 fully saturated rings. The normalized spacial score (nSPS) is 10.1. The van der Waals surface area contributed by atoms with Crippen LogP contribution in [-0.2, 0) is 9.53 Å². The molecule has 0 unspecified atom stereocenters. The van der Waals surface area contributed by atoms with Gasteiger partial charge in [0.1, 0.15) is 5.75 Å². The van der Waals surface area contributed by atoms with Gasteiger partial charge < -0.3 is 14.4 Å². The van der Waals surface area contributed by atoms with Gasteiger partial charge in [0.05, 0.1) is 12.2 Å². The molecule has 0 atom stereocenters. The second-order valence-electron chi connectivity index (χ2n) is 6.25. The molecule has 0 radical (unpaired) electrons. The van der Waals surface area contributed by atoms with Crippen molar-refractivity contribution < 1.29 is 23.9 Å². The molecule has 0 heterocycles. The number of hydrazine groups is 1. The number of carbonyl (C=O) groups excluding carboxylic acids is 3. The second-order valence-corrected chi connectivity index (χ2v) is 6.25. The van der Waals surface area contributed by atoms with E-state index in [1.165, 1.54) is 0 Å². The van der Waals surface area contributed by atoms with Crippen LogP contribution in [0.3, 0.4) is 0 Å². The summed E-state index contributed by atoms with van der Waals surface area (Å²) >= 11 is 0. The fourth-order valence-electron chi connectivity index (χ4n) is 2.72. The first-order valence-electron chi connectivity index (χ1n) is 9.82. The van der Waals surface area contributed by atoms with Crippen LogP contribution in [0, 0.1) is 0 Å². The maximum absolute atomic E-state index is 12.2. The van der Waals surface area contributed by atoms with E-state index in [9.17, 15) is 14.4 Å². The van der Waals surface area contributed by atoms with Gasteiger partial charge in [-0.25, -0.2) is 4.79 Å². The molecular weight excluding hydrogens is 386 g/mol. The van der Waals surface area contributed by atoms with Crippen LogP contribution < -0.4 is 20.5 Å². The number of hydrogen-bond acceptors (Lipinski definition) is 6. The van der Waals surface area contributed by atoms with E-state index >= 15 is 0 Å². The van der Waals surface area contributed by atoms with E-state index in [4.69, 9.17) is 9.47 Å². The third-order valence-corrected chi connectivity index (χ3v) is 4.31. The minimum Gasteiger partial charge on any atom is -0.494 e. The van der Waals surface area contributed by atoms with Crippen molar-refractivity contribution >= 4 is 23.5 Å². The molecule has 2 amide bonds. The highest BCUT2D eigenvalue weighted by Gasteiger charge is 2.12. The van der Waals surface area contributed by atoms with Gasteiger partial charge in [0.2, 0.25) is 0 Å². The zero-order valence-electron chi connectivity index (χ0n) is 17.4. The molecule has 0 aliphatic heterocycles. The summed E-state index contributed by atoms with van der Waals surface area (Å²) in [5.41, 5.74) is 6.24. The first-order valence-corrected chi connectivity index (χ1v) is 9.82. The SMILES string of the molecule is CCOc1ccc(C(=O)OCC(=O)NNC(=O)c2ccc(N(CC)CC)cc2)cc1. The van der Waals surface area contributed by atoms with E-state index in [1.807, 2.05) is 19.1 Å². The first kappa shape index (κ1) is 22.7. The van der Waals surface area contributed by atoms with Crippen LogP contribution in [0.2, 0.25) is 0 Å². The van der Waals surface area contributed by atoms with Crippen molar-refractivity contribution in [2.45, 2.75) is 20.8 Å². The summed E-state index contributed by atoms with van der Waals surface area (Å²) in [4.78, 5) is 38.1. The van der Waals surface area contributed by atoms with Crippen LogP contribution in [0.25, 0.3) is 0 Å². The molecule has 0 spiro atoms. The number of benzene rings is 2. The standard InChI is InChI=1S/C22H27N3O5/c1-4-25(5-2)18-11-7-16(8-12-18)21(27)24-23-20(26)15-30-22(28)17-9-13-19(14-10-17)29-6-3/h7-14H,4-6,15H2,1-3H3,(H,23,26)(H,24,27). The molecule has 2 N–H and O–H groups in total. The Bertz CT molecular complexity index is 846. The first-order chi connectivity index (χ1) is 14.5. The molecule has 2 rings (SSSR count). The maximum Gasteiger partial charge on any atom is 0.338 e. The average Bonchev–Trinajstić information content (AvgIpc) is 2.78. The summed E-state index contributed by atoms with van der Waals surface area (Å²) in [7, 11) is 0. The number of carbonyl (C=O) groups is 3. The Kier molecular flexibility index (Phi) is 8.68. The zero-order chi connectivity index (χ0) is 21.9. The predicted molar refractivity (Wildman–Crippen MR) is 114 cm³/mol. The summed E-state index contributed by atoms with van der Waals surface area (Å²) in [6, 6.07) is 13.5. The Balaban J connectivity index is 1.78. The molecule has 0 aliphatic carbocycles. The highest BCUT2D eigenvalue weighted by Crippen LogP contribution is 2.15. The molecular formula is C22H27N3O5. The fourth-order valence-corrected chi connectivity index (χ4v) is 2.72. The summed E-state index contributed by atoms with van der Waals surface area (Å²) in [6.07, 6.45) is 0. The molecule has 30 heavy (non-hydrogen) atoms. The molecule has 0 aromatic heterocycles. The predicted octanol–water partition coefficient (Wildman–Crippen LogP) is 2.55. The molecule has 8 heteroatoms. The number of rotatable bonds is 9. The van der Waals surface area contributed by atoms with Crippen LogP contribution in [0.1, 0.15) is 41.5 Å². The van der Waals surface area contributed by atoms with Crippen molar-refractivity contribution in [1.29, 1.82) is 0 Å². The van der Waals surface area contributed by atoms with E-state index in [2.05, 4.69) is 29.6 Å². The van der Waals surface area contributed by atoms with E-state index in [1.54, 1.807) is 36.4 Å². The van der Waals surface area contributed by atoms with Gasteiger partial charge in [-0.2, -0.15) is 0 Å². The van der Waals surface area contributed by atoms with Gasteiger partial charge in [0.15, 0.2) is 6.61 Å². The molecule has 8 nitrogen and oxygen atoms in total. The van der Waals surface area contributed by atoms with Gasteiger partial charge >= 0.3 is 5.97 Å². The van der Waals surface area contributed by atoms with Gasteiger partial charge in [0, 0.05) is 24.3 Å². The molecule has 0 aliphatic rings. The second kappa shape index (κ2) is 11.5. The average molecular weight is 413 g/mol. The lowest BCUT2D eigenvalue weighted by atomic mass is 10.2. The van der Waals surface area contributed by atoms with Gasteiger partial charge in [-0.05, 0) is 69.3 Å². The van der Waals surface area contributed by atoms with E-state index in [0.29, 0.717) is 23.5 Å². The number of anilines is 1. The Hall–Kier alpha value is -3.55. The number of hydrogen-bond donors (Lipinski definition) is 2. The fraction of sp³-hybridized carbons (Fsp3) is 0.318. The summed E-state index contributed by atoms with van der Waals surface area (Å²) < 4.78 is 10.2. The van der Waals surface area contributed by atoms with Gasteiger partial charge in [-0.15, -0.1) is 0 Å². The molecule has 0 saturated heterocycles. The van der Waals surface area contributed by atoms with Gasteiger partial charge in [0.25, 0.3) is 11.8 Å². The Labute approximate surface area is 176 Å². The van der Waals surface area contributed by atoms with Crippen molar-refractivity contribution in [3.63, 3.8) is 0 Å². The summed E-state index contributed by atoms with van der Waals surface area (Å²) in [5, 5.41) is 0. The van der Waals surface area contributed by atoms with Gasteiger partial charge in [-0.3, -0.25) is 20.4 Å². The lowest BCUT2D eigenvalue weighted by Crippen LogP contribution is -2.43. The van der Waals surface area contributed by atoms with Gasteiger partial charge in [-0.1, -0.05) is 0 Å². The van der Waals surface area contributed by atoms with E-state index in [-0.39, 0.29) is 0 Å². The number of esters is 1. The number of nitrogens with one attached hydrogen (secondary N) is 2. The lowest BCUT2D eigenvalue weighted by molar-refractivity contribution is -0.125. The van der Waals surface area contributed by atoms with Crippen molar-refractivity contribution in [2.24, 2.45) is 0 Å². The van der Waals surface area contributed by atoms with Crippen molar-refractivity contribution in [2.75, 3.05) is 31.2 Å². The summed E-state index contributed by atoms with van der Waals surface area (Å²) in [6.45, 7) is 7.72. The summed E-state index contributed by atoms with van der Waals surface area (Å²) in [5.74, 6) is -1.12. The Morgan fingerprint density at radius 3 is 2.00 bits per heavy atom. The highest BCUT2D eigenvalue weighted by molar-refractivity contribution is 5.96. The quantitative estimate of drug-likeness (QED) is 0.484.